The SMILES string of the molecule is COCc1nc(O)cs1. The number of aromatic nitrogens is 1. The van der Waals surface area contributed by atoms with Crippen molar-refractivity contribution in [3.8, 4) is 5.88 Å². The molecule has 0 unspecified atom stereocenters. The van der Waals surface area contributed by atoms with Gasteiger partial charge in [0.2, 0.25) is 5.88 Å². The minimum absolute atomic E-state index is 0.0760. The monoisotopic (exact) mass is 145 g/mol. The summed E-state index contributed by atoms with van der Waals surface area (Å²) in [4.78, 5) is 3.75. The summed E-state index contributed by atoms with van der Waals surface area (Å²) in [6.45, 7) is 0.477. The highest BCUT2D eigenvalue weighted by atomic mass is 32.1. The molecule has 1 aromatic heterocycles. The minimum atomic E-state index is 0.0760. The predicted molar refractivity (Wildman–Crippen MR) is 34.5 cm³/mol. The number of aromatic hydroxyl groups is 1. The molecule has 1 heterocycles. The van der Waals surface area contributed by atoms with Gasteiger partial charge in [-0.3, -0.25) is 0 Å². The van der Waals surface area contributed by atoms with Crippen molar-refractivity contribution in [2.75, 3.05) is 7.11 Å². The van der Waals surface area contributed by atoms with Crippen molar-refractivity contribution < 1.29 is 9.84 Å². The van der Waals surface area contributed by atoms with E-state index >= 15 is 0 Å². The van der Waals surface area contributed by atoms with Gasteiger partial charge in [0.25, 0.3) is 0 Å². The van der Waals surface area contributed by atoms with E-state index in [-0.39, 0.29) is 5.88 Å². The van der Waals surface area contributed by atoms with Gasteiger partial charge < -0.3 is 9.84 Å². The highest BCUT2D eigenvalue weighted by Gasteiger charge is 1.96. The van der Waals surface area contributed by atoms with Crippen LogP contribution < -0.4 is 0 Å². The summed E-state index contributed by atoms with van der Waals surface area (Å²) in [5.74, 6) is 0.0760. The zero-order chi connectivity index (χ0) is 6.69. The molecule has 3 nitrogen and oxygen atoms in total. The first-order valence-corrected chi connectivity index (χ1v) is 3.33. The second kappa shape index (κ2) is 2.80. The van der Waals surface area contributed by atoms with Crippen molar-refractivity contribution in [3.05, 3.63) is 10.4 Å². The Morgan fingerprint density at radius 3 is 3.11 bits per heavy atom. The molecule has 50 valence electrons. The van der Waals surface area contributed by atoms with Gasteiger partial charge in [0, 0.05) is 7.11 Å². The van der Waals surface area contributed by atoms with Crippen LogP contribution in [0, 0.1) is 0 Å². The molecule has 0 fully saturated rings. The van der Waals surface area contributed by atoms with Crippen molar-refractivity contribution in [2.45, 2.75) is 6.61 Å². The molecule has 0 saturated heterocycles. The minimum Gasteiger partial charge on any atom is -0.493 e. The second-order valence-electron chi connectivity index (χ2n) is 1.53. The third-order valence-corrected chi connectivity index (χ3v) is 1.62. The highest BCUT2D eigenvalue weighted by molar-refractivity contribution is 7.09. The van der Waals surface area contributed by atoms with Crippen LogP contribution in [0.15, 0.2) is 5.38 Å². The fraction of sp³-hybridized carbons (Fsp3) is 0.400. The standard InChI is InChI=1S/C5H7NO2S/c1-8-2-5-6-4(7)3-9-5/h3,7H,2H2,1H3. The molecule has 1 aromatic rings. The van der Waals surface area contributed by atoms with E-state index in [2.05, 4.69) is 4.98 Å². The summed E-state index contributed by atoms with van der Waals surface area (Å²) in [7, 11) is 1.60. The second-order valence-corrected chi connectivity index (χ2v) is 2.48. The molecular weight excluding hydrogens is 138 g/mol. The maximum atomic E-state index is 8.72. The van der Waals surface area contributed by atoms with E-state index < -0.39 is 0 Å². The van der Waals surface area contributed by atoms with E-state index in [1.165, 1.54) is 11.3 Å². The van der Waals surface area contributed by atoms with Crippen LogP contribution in [0.5, 0.6) is 5.88 Å². The Morgan fingerprint density at radius 1 is 1.89 bits per heavy atom. The van der Waals surface area contributed by atoms with E-state index in [1.54, 1.807) is 12.5 Å². The average Bonchev–Trinajstić information content (AvgIpc) is 2.17. The molecule has 0 aliphatic heterocycles. The number of ether oxygens (including phenoxy) is 1. The van der Waals surface area contributed by atoms with E-state index in [4.69, 9.17) is 9.84 Å². The first-order chi connectivity index (χ1) is 4.33. The van der Waals surface area contributed by atoms with Gasteiger partial charge in [0.1, 0.15) is 5.01 Å². The summed E-state index contributed by atoms with van der Waals surface area (Å²) < 4.78 is 4.78. The first kappa shape index (κ1) is 6.51. The molecular formula is C5H7NO2S. The fourth-order valence-electron chi connectivity index (χ4n) is 0.491. The van der Waals surface area contributed by atoms with Crippen LogP contribution in [0.25, 0.3) is 0 Å². The number of methoxy groups -OCH3 is 1. The molecule has 0 radical (unpaired) electrons. The summed E-state index contributed by atoms with van der Waals surface area (Å²) in [6.07, 6.45) is 0. The van der Waals surface area contributed by atoms with Gasteiger partial charge in [-0.15, -0.1) is 11.3 Å². The van der Waals surface area contributed by atoms with Crippen molar-refractivity contribution in [1.29, 1.82) is 0 Å². The largest absolute Gasteiger partial charge is 0.493 e. The molecule has 1 rings (SSSR count). The van der Waals surface area contributed by atoms with Gasteiger partial charge in [-0.1, -0.05) is 0 Å². The van der Waals surface area contributed by atoms with Crippen molar-refractivity contribution >= 4 is 11.3 Å². The zero-order valence-electron chi connectivity index (χ0n) is 5.00. The molecule has 0 bridgehead atoms. The van der Waals surface area contributed by atoms with Crippen LogP contribution >= 0.6 is 11.3 Å². The third-order valence-electron chi connectivity index (χ3n) is 0.807. The molecule has 0 aliphatic rings. The summed E-state index contributed by atoms with van der Waals surface area (Å²) in [5, 5.41) is 11.1. The Bertz CT molecular complexity index is 187. The Morgan fingerprint density at radius 2 is 2.67 bits per heavy atom. The maximum absolute atomic E-state index is 8.72. The van der Waals surface area contributed by atoms with Gasteiger partial charge in [-0.25, -0.2) is 4.98 Å². The Labute approximate surface area is 56.9 Å². The van der Waals surface area contributed by atoms with Crippen LogP contribution in [-0.4, -0.2) is 17.2 Å². The molecule has 9 heavy (non-hydrogen) atoms. The molecule has 1 N–H and O–H groups in total. The van der Waals surface area contributed by atoms with Crippen LogP contribution in [0.3, 0.4) is 0 Å². The molecule has 0 aromatic carbocycles. The normalized spacial score (nSPS) is 9.89. The van der Waals surface area contributed by atoms with Crippen LogP contribution in [0.1, 0.15) is 5.01 Å². The quantitative estimate of drug-likeness (QED) is 0.675. The Balaban J connectivity index is 2.61. The predicted octanol–water partition coefficient (Wildman–Crippen LogP) is 0.995. The summed E-state index contributed by atoms with van der Waals surface area (Å²) in [5.41, 5.74) is 0. The van der Waals surface area contributed by atoms with Crippen molar-refractivity contribution in [1.82, 2.24) is 4.98 Å². The van der Waals surface area contributed by atoms with E-state index in [1.807, 2.05) is 0 Å². The van der Waals surface area contributed by atoms with Crippen molar-refractivity contribution in [2.24, 2.45) is 0 Å². The fourth-order valence-corrected chi connectivity index (χ4v) is 1.12. The number of nitrogens with zero attached hydrogens (tertiary/aromatic N) is 1. The van der Waals surface area contributed by atoms with E-state index in [0.29, 0.717) is 6.61 Å². The lowest BCUT2D eigenvalue weighted by molar-refractivity contribution is 0.184. The molecule has 0 spiro atoms. The van der Waals surface area contributed by atoms with Gasteiger partial charge in [0.05, 0.1) is 12.0 Å². The zero-order valence-corrected chi connectivity index (χ0v) is 5.81. The van der Waals surface area contributed by atoms with Crippen LogP contribution in [0.2, 0.25) is 0 Å². The molecule has 4 heteroatoms. The Hall–Kier alpha value is -0.610. The Kier molecular flexibility index (Phi) is 2.02. The van der Waals surface area contributed by atoms with E-state index in [9.17, 15) is 0 Å². The van der Waals surface area contributed by atoms with E-state index in [0.717, 1.165) is 5.01 Å². The maximum Gasteiger partial charge on any atom is 0.222 e. The van der Waals surface area contributed by atoms with Crippen molar-refractivity contribution in [3.63, 3.8) is 0 Å². The smallest absolute Gasteiger partial charge is 0.222 e. The molecule has 0 aliphatic carbocycles. The lowest BCUT2D eigenvalue weighted by Crippen LogP contribution is -1.83. The lowest BCUT2D eigenvalue weighted by Gasteiger charge is -1.87. The molecule has 0 saturated carbocycles. The summed E-state index contributed by atoms with van der Waals surface area (Å²) in [6, 6.07) is 0. The van der Waals surface area contributed by atoms with Crippen LogP contribution in [0.4, 0.5) is 0 Å². The number of hydrogen-bond donors (Lipinski definition) is 1. The highest BCUT2D eigenvalue weighted by Crippen LogP contribution is 2.14. The van der Waals surface area contributed by atoms with Gasteiger partial charge >= 0.3 is 0 Å². The first-order valence-electron chi connectivity index (χ1n) is 2.45. The van der Waals surface area contributed by atoms with Gasteiger partial charge in [-0.2, -0.15) is 0 Å². The van der Waals surface area contributed by atoms with Gasteiger partial charge in [0.15, 0.2) is 0 Å². The number of hydrogen-bond acceptors (Lipinski definition) is 4. The van der Waals surface area contributed by atoms with Gasteiger partial charge in [-0.05, 0) is 0 Å². The molecule has 0 amide bonds. The average molecular weight is 145 g/mol. The number of rotatable bonds is 2. The van der Waals surface area contributed by atoms with Crippen LogP contribution in [-0.2, 0) is 11.3 Å². The molecule has 0 atom stereocenters. The lowest BCUT2D eigenvalue weighted by atomic mass is 10.7. The topological polar surface area (TPSA) is 42.4 Å². The summed E-state index contributed by atoms with van der Waals surface area (Å²) >= 11 is 1.39. The third kappa shape index (κ3) is 1.65. The number of thiazole rings is 1.